The molecule has 0 saturated heterocycles. The molecule has 2 aliphatic heterocycles. The van der Waals surface area contributed by atoms with Gasteiger partial charge in [-0.2, -0.15) is 0 Å². The lowest BCUT2D eigenvalue weighted by Gasteiger charge is -2.16. The highest BCUT2D eigenvalue weighted by molar-refractivity contribution is 6.16. The first-order chi connectivity index (χ1) is 32.8. The van der Waals surface area contributed by atoms with E-state index >= 15 is 0 Å². The van der Waals surface area contributed by atoms with E-state index in [4.69, 9.17) is 9.97 Å². The maximum atomic E-state index is 6.12. The molecular weight excluding hydrogens is 801 g/mol. The molecule has 0 amide bonds. The van der Waals surface area contributed by atoms with Gasteiger partial charge in [-0.25, -0.2) is 9.97 Å². The fourth-order valence-corrected chi connectivity index (χ4v) is 9.70. The molecule has 2 aliphatic rings. The van der Waals surface area contributed by atoms with E-state index in [0.717, 1.165) is 117 Å². The summed E-state index contributed by atoms with van der Waals surface area (Å²) in [6.07, 6.45) is 4.23. The number of rotatable bonds is 7. The molecule has 5 heterocycles. The average Bonchev–Trinajstić information content (AvgIpc) is 4.19. The minimum atomic E-state index is 0.862. The van der Waals surface area contributed by atoms with Crippen LogP contribution in [0.15, 0.2) is 237 Å². The quantitative estimate of drug-likeness (QED) is 0.174. The van der Waals surface area contributed by atoms with Crippen molar-refractivity contribution in [2.24, 2.45) is 0 Å². The van der Waals surface area contributed by atoms with E-state index in [0.29, 0.717) is 0 Å². The van der Waals surface area contributed by atoms with Gasteiger partial charge in [0.2, 0.25) is 0 Å². The predicted octanol–water partition coefficient (Wildman–Crippen LogP) is 15.6. The molecule has 4 heteroatoms. The highest BCUT2D eigenvalue weighted by atomic mass is 15.0. The standard InChI is InChI=1S/C62H42N4/c1-8-22-42(23-9-1)54-52-39-38-49(64-52)40-48-36-37-50(63-48)41-53-55(43-24-10-2-11-25-43)58(46-30-16-5-17-31-46)62(66(53)51-34-20-7-21-35-51)59(47-32-18-6-19-33-47)61-57(45-28-14-4-15-29-45)56(60(54)65-61)44-26-12-3-13-27-44/h1-41,64H. The molecule has 0 atom stereocenters. The molecule has 3 aromatic heterocycles. The number of aromatic nitrogens is 4. The van der Waals surface area contributed by atoms with Crippen molar-refractivity contribution in [1.82, 2.24) is 19.5 Å². The van der Waals surface area contributed by atoms with Crippen LogP contribution < -0.4 is 0 Å². The third-order valence-corrected chi connectivity index (χ3v) is 12.5. The summed E-state index contributed by atoms with van der Waals surface area (Å²) in [6, 6.07) is 84.3. The monoisotopic (exact) mass is 842 g/mol. The van der Waals surface area contributed by atoms with Gasteiger partial charge >= 0.3 is 0 Å². The van der Waals surface area contributed by atoms with Crippen LogP contribution >= 0.6 is 0 Å². The number of fused-ring (bicyclic) bond motifs is 8. The second-order valence-electron chi connectivity index (χ2n) is 16.6. The molecule has 8 bridgehead atoms. The van der Waals surface area contributed by atoms with Crippen LogP contribution in [0.4, 0.5) is 0 Å². The van der Waals surface area contributed by atoms with Crippen molar-refractivity contribution in [1.29, 1.82) is 0 Å². The van der Waals surface area contributed by atoms with Crippen molar-refractivity contribution in [2.75, 3.05) is 0 Å². The van der Waals surface area contributed by atoms with Crippen LogP contribution in [0, 0.1) is 0 Å². The lowest BCUT2D eigenvalue weighted by molar-refractivity contribution is 1.17. The Morgan fingerprint density at radius 2 is 0.742 bits per heavy atom. The Bertz CT molecular complexity index is 3630. The van der Waals surface area contributed by atoms with Gasteiger partial charge in [-0.3, -0.25) is 0 Å². The zero-order valence-electron chi connectivity index (χ0n) is 36.0. The Labute approximate surface area is 383 Å². The van der Waals surface area contributed by atoms with E-state index in [-0.39, 0.29) is 0 Å². The lowest BCUT2D eigenvalue weighted by Crippen LogP contribution is -1.99. The largest absolute Gasteiger partial charge is 0.355 e. The summed E-state index contributed by atoms with van der Waals surface area (Å²) in [5, 5.41) is 0. The first-order valence-corrected chi connectivity index (χ1v) is 22.4. The van der Waals surface area contributed by atoms with Crippen LogP contribution in [-0.4, -0.2) is 19.5 Å². The van der Waals surface area contributed by atoms with E-state index in [9.17, 15) is 0 Å². The minimum absolute atomic E-state index is 0.862. The summed E-state index contributed by atoms with van der Waals surface area (Å²) in [4.78, 5) is 15.2. The molecule has 0 spiro atoms. The molecule has 0 fully saturated rings. The van der Waals surface area contributed by atoms with Crippen LogP contribution in [-0.2, 0) is 0 Å². The fraction of sp³-hybridized carbons (Fsp3) is 0. The van der Waals surface area contributed by atoms with Gasteiger partial charge in [0.1, 0.15) is 0 Å². The van der Waals surface area contributed by atoms with E-state index in [1.165, 1.54) is 0 Å². The molecule has 310 valence electrons. The molecule has 0 radical (unpaired) electrons. The highest BCUT2D eigenvalue weighted by Gasteiger charge is 2.32. The fourth-order valence-electron chi connectivity index (χ4n) is 9.70. The van der Waals surface area contributed by atoms with Crippen LogP contribution in [0.3, 0.4) is 0 Å². The SMILES string of the molecule is C1=Cc2cc3c(-c4ccccc4)c(-c4ccccc4)c(c(-c4ccccc4)c4nc(c(-c5ccccc5)c5ccc(cc1n2)[nH]5)C(c1ccccc1)=C4c1ccccc1)n3-c1ccccc1. The van der Waals surface area contributed by atoms with Crippen LogP contribution in [0.1, 0.15) is 33.9 Å². The van der Waals surface area contributed by atoms with Crippen LogP contribution in [0.2, 0.25) is 0 Å². The van der Waals surface area contributed by atoms with Gasteiger partial charge in [-0.1, -0.05) is 200 Å². The number of hydrogen-bond donors (Lipinski definition) is 1. The summed E-state index contributed by atoms with van der Waals surface area (Å²) in [6.45, 7) is 0. The normalized spacial score (nSPS) is 12.1. The van der Waals surface area contributed by atoms with Crippen molar-refractivity contribution in [3.63, 3.8) is 0 Å². The summed E-state index contributed by atoms with van der Waals surface area (Å²) in [5.41, 5.74) is 21.3. The predicted molar refractivity (Wildman–Crippen MR) is 275 cm³/mol. The molecule has 12 rings (SSSR count). The molecule has 0 unspecified atom stereocenters. The number of H-pyrrole nitrogens is 1. The molecule has 66 heavy (non-hydrogen) atoms. The van der Waals surface area contributed by atoms with Gasteiger partial charge in [0.15, 0.2) is 0 Å². The van der Waals surface area contributed by atoms with Crippen LogP contribution in [0.25, 0.3) is 95.6 Å². The number of benzene rings is 7. The van der Waals surface area contributed by atoms with Gasteiger partial charge in [-0.05, 0) is 81.9 Å². The Morgan fingerprint density at radius 3 is 1.26 bits per heavy atom. The molecular formula is C62H42N4. The van der Waals surface area contributed by atoms with Gasteiger partial charge < -0.3 is 9.55 Å². The van der Waals surface area contributed by atoms with E-state index < -0.39 is 0 Å². The lowest BCUT2D eigenvalue weighted by atomic mass is 9.87. The molecule has 0 saturated carbocycles. The maximum Gasteiger partial charge on any atom is 0.0822 e. The molecule has 1 N–H and O–H groups in total. The highest BCUT2D eigenvalue weighted by Crippen LogP contribution is 2.51. The second kappa shape index (κ2) is 16.7. The first kappa shape index (κ1) is 38.8. The number of hydrogen-bond acceptors (Lipinski definition) is 2. The zero-order valence-corrected chi connectivity index (χ0v) is 36.0. The van der Waals surface area contributed by atoms with Gasteiger partial charge in [0, 0.05) is 50.1 Å². The molecule has 7 aromatic carbocycles. The van der Waals surface area contributed by atoms with E-state index in [1.54, 1.807) is 0 Å². The number of para-hydroxylation sites is 1. The van der Waals surface area contributed by atoms with E-state index in [1.807, 2.05) is 0 Å². The summed E-state index contributed by atoms with van der Waals surface area (Å²) in [7, 11) is 0. The summed E-state index contributed by atoms with van der Waals surface area (Å²) < 4.78 is 2.46. The smallest absolute Gasteiger partial charge is 0.0822 e. The average molecular weight is 843 g/mol. The van der Waals surface area contributed by atoms with Gasteiger partial charge in [0.25, 0.3) is 0 Å². The Hall–Kier alpha value is -8.86. The zero-order chi connectivity index (χ0) is 43.8. The summed E-state index contributed by atoms with van der Waals surface area (Å²) >= 11 is 0. The Balaban J connectivity index is 1.45. The van der Waals surface area contributed by atoms with Crippen molar-refractivity contribution in [3.8, 4) is 50.2 Å². The Kier molecular flexibility index (Phi) is 9.81. The van der Waals surface area contributed by atoms with Gasteiger partial charge in [-0.15, -0.1) is 0 Å². The van der Waals surface area contributed by atoms with E-state index in [2.05, 4.69) is 258 Å². The molecule has 10 aromatic rings. The second-order valence-corrected chi connectivity index (χ2v) is 16.6. The van der Waals surface area contributed by atoms with Crippen molar-refractivity contribution in [2.45, 2.75) is 0 Å². The van der Waals surface area contributed by atoms with Crippen LogP contribution in [0.5, 0.6) is 0 Å². The minimum Gasteiger partial charge on any atom is -0.355 e. The van der Waals surface area contributed by atoms with Crippen molar-refractivity contribution < 1.29 is 0 Å². The summed E-state index contributed by atoms with van der Waals surface area (Å²) in [5.74, 6) is 0. The third kappa shape index (κ3) is 6.89. The number of aromatic amines is 1. The topological polar surface area (TPSA) is 46.5 Å². The molecule has 4 nitrogen and oxygen atoms in total. The van der Waals surface area contributed by atoms with Crippen molar-refractivity contribution in [3.05, 3.63) is 270 Å². The number of nitrogens with one attached hydrogen (secondary N) is 1. The number of nitrogens with zero attached hydrogens (tertiary/aromatic N) is 3. The third-order valence-electron chi connectivity index (χ3n) is 12.5. The van der Waals surface area contributed by atoms with Gasteiger partial charge in [0.05, 0.1) is 33.8 Å². The molecule has 0 aliphatic carbocycles. The first-order valence-electron chi connectivity index (χ1n) is 22.4. The van der Waals surface area contributed by atoms with Crippen molar-refractivity contribution >= 4 is 45.4 Å². The maximum absolute atomic E-state index is 6.12. The Morgan fingerprint density at radius 1 is 0.333 bits per heavy atom.